The first-order chi connectivity index (χ1) is 17.5. The predicted octanol–water partition coefficient (Wildman–Crippen LogP) is 6.73. The third-order valence-corrected chi connectivity index (χ3v) is 7.47. The van der Waals surface area contributed by atoms with Crippen molar-refractivity contribution >= 4 is 40.3 Å². The highest BCUT2D eigenvalue weighted by Gasteiger charge is 2.32. The molecule has 2 aliphatic rings. The number of carbonyl (C=O) groups excluding carboxylic acids is 1. The molecule has 2 aliphatic heterocycles. The lowest BCUT2D eigenvalue weighted by Crippen LogP contribution is -2.36. The van der Waals surface area contributed by atoms with Crippen molar-refractivity contribution in [1.29, 1.82) is 5.41 Å². The number of carbonyl (C=O) groups is 1. The highest BCUT2D eigenvalue weighted by molar-refractivity contribution is 8.14. The quantitative estimate of drug-likeness (QED) is 0.401. The van der Waals surface area contributed by atoms with Gasteiger partial charge in [-0.25, -0.2) is 13.2 Å². The Bertz CT molecular complexity index is 1200. The Morgan fingerprint density at radius 1 is 1.32 bits per heavy atom. The van der Waals surface area contributed by atoms with E-state index < -0.39 is 17.8 Å². The molecular formula is C26H32F3N5O2S. The normalized spacial score (nSPS) is 16.6. The van der Waals surface area contributed by atoms with Crippen LogP contribution in [0.5, 0.6) is 0 Å². The summed E-state index contributed by atoms with van der Waals surface area (Å²) in [5.41, 5.74) is 1.03. The van der Waals surface area contributed by atoms with Gasteiger partial charge in [0.2, 0.25) is 0 Å². The number of allylic oxidation sites excluding steroid dienone is 1. The lowest BCUT2D eigenvalue weighted by molar-refractivity contribution is 0.0652. The van der Waals surface area contributed by atoms with Crippen molar-refractivity contribution in [2.75, 3.05) is 25.1 Å². The van der Waals surface area contributed by atoms with E-state index in [1.807, 2.05) is 25.5 Å². The van der Waals surface area contributed by atoms with Gasteiger partial charge >= 0.3 is 0 Å². The van der Waals surface area contributed by atoms with Gasteiger partial charge in [-0.2, -0.15) is 5.10 Å². The molecule has 1 aromatic carbocycles. The van der Waals surface area contributed by atoms with Gasteiger partial charge in [0.15, 0.2) is 5.82 Å². The van der Waals surface area contributed by atoms with Gasteiger partial charge in [-0.15, -0.1) is 0 Å². The maximum atomic E-state index is 15.1. The number of benzene rings is 1. The van der Waals surface area contributed by atoms with E-state index in [0.29, 0.717) is 32.0 Å². The number of rotatable bonds is 6. The average molecular weight is 536 g/mol. The Kier molecular flexibility index (Phi) is 8.03. The largest absolute Gasteiger partial charge is 0.381 e. The van der Waals surface area contributed by atoms with Gasteiger partial charge in [0.1, 0.15) is 5.82 Å². The fraction of sp³-hybridized carbons (Fsp3) is 0.500. The zero-order valence-electron chi connectivity index (χ0n) is 21.2. The zero-order valence-corrected chi connectivity index (χ0v) is 22.1. The fourth-order valence-corrected chi connectivity index (χ4v) is 5.42. The molecule has 37 heavy (non-hydrogen) atoms. The average Bonchev–Trinajstić information content (AvgIpc) is 3.21. The number of thioether (sulfide) groups is 1. The standard InChI is InChI=1S/C26H32F3N5O2S/c1-15(13-30)17-11-20(27)21(12-18(17)23(28)29)31-24-19-14-33(25(35)37-26(2,3)4)8-5-22(19)34(32-24)16-6-9-36-10-7-16/h11-13,16,23,30H,1,5-10,14H2,2-4H3,(H,31,32). The van der Waals surface area contributed by atoms with Crippen LogP contribution in [0.4, 0.5) is 29.5 Å². The van der Waals surface area contributed by atoms with Gasteiger partial charge in [-0.1, -0.05) is 39.1 Å². The van der Waals surface area contributed by atoms with E-state index in [1.165, 1.54) is 11.8 Å². The summed E-state index contributed by atoms with van der Waals surface area (Å²) in [5.74, 6) is -0.415. The number of alkyl halides is 2. The van der Waals surface area contributed by atoms with Crippen LogP contribution in [0.15, 0.2) is 18.7 Å². The first kappa shape index (κ1) is 27.3. The van der Waals surface area contributed by atoms with Crippen molar-refractivity contribution in [2.45, 2.75) is 63.8 Å². The number of hydrogen-bond acceptors (Lipinski definition) is 6. The van der Waals surface area contributed by atoms with E-state index >= 15 is 4.39 Å². The van der Waals surface area contributed by atoms with Crippen LogP contribution in [-0.2, 0) is 17.7 Å². The SMILES string of the molecule is C=C(C=N)c1cc(F)c(Nc2nn(C3CCOCC3)c3c2CN(C(=O)SC(C)(C)C)CC3)cc1C(F)F. The molecule has 0 bridgehead atoms. The van der Waals surface area contributed by atoms with E-state index in [-0.39, 0.29) is 39.4 Å². The topological polar surface area (TPSA) is 83.2 Å². The molecule has 7 nitrogen and oxygen atoms in total. The molecule has 11 heteroatoms. The van der Waals surface area contributed by atoms with E-state index in [4.69, 9.17) is 15.2 Å². The van der Waals surface area contributed by atoms with Crippen molar-refractivity contribution in [2.24, 2.45) is 0 Å². The number of nitrogens with zero attached hydrogens (tertiary/aromatic N) is 3. The summed E-state index contributed by atoms with van der Waals surface area (Å²) in [6, 6.07) is 2.11. The van der Waals surface area contributed by atoms with Crippen LogP contribution >= 0.6 is 11.8 Å². The molecule has 0 radical (unpaired) electrons. The van der Waals surface area contributed by atoms with E-state index in [9.17, 15) is 13.6 Å². The molecule has 0 saturated carbocycles. The molecule has 1 saturated heterocycles. The molecule has 1 aromatic heterocycles. The van der Waals surface area contributed by atoms with Gasteiger partial charge in [0.05, 0.1) is 18.3 Å². The minimum absolute atomic E-state index is 0.00701. The fourth-order valence-electron chi connectivity index (χ4n) is 4.61. The predicted molar refractivity (Wildman–Crippen MR) is 141 cm³/mol. The second-order valence-corrected chi connectivity index (χ2v) is 12.0. The number of amides is 1. The highest BCUT2D eigenvalue weighted by atomic mass is 32.2. The van der Waals surface area contributed by atoms with E-state index in [0.717, 1.165) is 42.4 Å². The summed E-state index contributed by atoms with van der Waals surface area (Å²) in [4.78, 5) is 14.7. The molecule has 2 aromatic rings. The molecular weight excluding hydrogens is 503 g/mol. The Morgan fingerprint density at radius 2 is 2.03 bits per heavy atom. The Morgan fingerprint density at radius 3 is 2.65 bits per heavy atom. The number of ether oxygens (including phenoxy) is 1. The molecule has 4 rings (SSSR count). The molecule has 0 spiro atoms. The summed E-state index contributed by atoms with van der Waals surface area (Å²) in [6.45, 7) is 11.5. The first-order valence-corrected chi connectivity index (χ1v) is 13.0. The maximum absolute atomic E-state index is 15.1. The van der Waals surface area contributed by atoms with Gasteiger partial charge < -0.3 is 20.4 Å². The Hall–Kier alpha value is -2.79. The second-order valence-electron chi connectivity index (χ2n) is 10.2. The monoisotopic (exact) mass is 535 g/mol. The third kappa shape index (κ3) is 6.04. The minimum atomic E-state index is -2.89. The smallest absolute Gasteiger partial charge is 0.282 e. The van der Waals surface area contributed by atoms with E-state index in [2.05, 4.69) is 11.9 Å². The van der Waals surface area contributed by atoms with Crippen molar-refractivity contribution in [3.05, 3.63) is 46.9 Å². The number of aromatic nitrogens is 2. The van der Waals surface area contributed by atoms with Gasteiger partial charge in [-0.05, 0) is 36.1 Å². The zero-order chi connectivity index (χ0) is 26.9. The number of nitrogens with one attached hydrogen (secondary N) is 2. The van der Waals surface area contributed by atoms with Crippen LogP contribution in [-0.4, -0.2) is 50.6 Å². The van der Waals surface area contributed by atoms with Gasteiger partial charge in [0, 0.05) is 54.0 Å². The molecule has 0 unspecified atom stereocenters. The molecule has 3 heterocycles. The Labute approximate surface area is 218 Å². The highest BCUT2D eigenvalue weighted by Crippen LogP contribution is 2.37. The Balaban J connectivity index is 1.72. The number of halogens is 3. The number of anilines is 2. The van der Waals surface area contributed by atoms with E-state index in [1.54, 1.807) is 4.90 Å². The minimum Gasteiger partial charge on any atom is -0.381 e. The number of fused-ring (bicyclic) bond motifs is 1. The molecule has 2 N–H and O–H groups in total. The van der Waals surface area contributed by atoms with Crippen molar-refractivity contribution < 1.29 is 22.7 Å². The van der Waals surface area contributed by atoms with Gasteiger partial charge in [0.25, 0.3) is 11.7 Å². The second kappa shape index (κ2) is 10.9. The summed E-state index contributed by atoms with van der Waals surface area (Å²) in [6.07, 6.45) is 0.0756. The van der Waals surface area contributed by atoms with Crippen LogP contribution in [0.1, 0.15) is 68.5 Å². The van der Waals surface area contributed by atoms with Crippen LogP contribution in [0.25, 0.3) is 5.57 Å². The lowest BCUT2D eigenvalue weighted by atomic mass is 10.00. The van der Waals surface area contributed by atoms with Crippen LogP contribution in [0.3, 0.4) is 0 Å². The van der Waals surface area contributed by atoms with Crippen molar-refractivity contribution in [3.8, 4) is 0 Å². The van der Waals surface area contributed by atoms with Gasteiger partial charge in [-0.3, -0.25) is 9.48 Å². The lowest BCUT2D eigenvalue weighted by Gasteiger charge is -2.31. The van der Waals surface area contributed by atoms with Crippen LogP contribution in [0.2, 0.25) is 0 Å². The third-order valence-electron chi connectivity index (χ3n) is 6.42. The summed E-state index contributed by atoms with van der Waals surface area (Å²) in [5, 5.41) is 15.0. The molecule has 0 aliphatic carbocycles. The summed E-state index contributed by atoms with van der Waals surface area (Å²) >= 11 is 1.25. The van der Waals surface area contributed by atoms with Crippen molar-refractivity contribution in [1.82, 2.24) is 14.7 Å². The molecule has 200 valence electrons. The van der Waals surface area contributed by atoms with Crippen LogP contribution < -0.4 is 5.32 Å². The molecule has 0 atom stereocenters. The summed E-state index contributed by atoms with van der Waals surface area (Å²) < 4.78 is 50.0. The number of hydrogen-bond donors (Lipinski definition) is 2. The van der Waals surface area contributed by atoms with Crippen LogP contribution in [0, 0.1) is 11.2 Å². The van der Waals surface area contributed by atoms with Crippen molar-refractivity contribution in [3.63, 3.8) is 0 Å². The summed E-state index contributed by atoms with van der Waals surface area (Å²) in [7, 11) is 0. The first-order valence-electron chi connectivity index (χ1n) is 12.2. The molecule has 1 amide bonds. The maximum Gasteiger partial charge on any atom is 0.282 e. The molecule has 1 fully saturated rings.